The number of benzene rings is 2. The van der Waals surface area contributed by atoms with Gasteiger partial charge in [0, 0.05) is 10.9 Å². The quantitative estimate of drug-likeness (QED) is 0.779. The van der Waals surface area contributed by atoms with Gasteiger partial charge < -0.3 is 9.73 Å². The van der Waals surface area contributed by atoms with E-state index in [9.17, 15) is 8.78 Å². The minimum absolute atomic E-state index is 0.307. The van der Waals surface area contributed by atoms with E-state index in [0.29, 0.717) is 22.3 Å². The van der Waals surface area contributed by atoms with E-state index in [4.69, 9.17) is 4.42 Å². The van der Waals surface area contributed by atoms with E-state index >= 15 is 0 Å². The largest absolute Gasteiger partial charge is 0.459 e. The summed E-state index contributed by atoms with van der Waals surface area (Å²) in [6.45, 7) is 0. The molecule has 20 heavy (non-hydrogen) atoms. The van der Waals surface area contributed by atoms with Crippen molar-refractivity contribution in [3.63, 3.8) is 0 Å². The summed E-state index contributed by atoms with van der Waals surface area (Å²) in [6, 6.07) is 12.1. The van der Waals surface area contributed by atoms with Gasteiger partial charge in [0.1, 0.15) is 23.0 Å². The highest BCUT2D eigenvalue weighted by Gasteiger charge is 2.19. The molecule has 1 N–H and O–H groups in total. The molecule has 2 nitrogen and oxygen atoms in total. The van der Waals surface area contributed by atoms with Crippen molar-refractivity contribution in [1.82, 2.24) is 5.32 Å². The van der Waals surface area contributed by atoms with Crippen LogP contribution >= 0.6 is 0 Å². The SMILES string of the molecule is CNC(c1cc2cc(F)ccc2o1)c1ccccc1F. The zero-order chi connectivity index (χ0) is 14.1. The van der Waals surface area contributed by atoms with E-state index < -0.39 is 6.04 Å². The zero-order valence-corrected chi connectivity index (χ0v) is 10.9. The first-order chi connectivity index (χ1) is 9.69. The van der Waals surface area contributed by atoms with Gasteiger partial charge in [0.2, 0.25) is 0 Å². The van der Waals surface area contributed by atoms with Crippen molar-refractivity contribution in [2.75, 3.05) is 7.05 Å². The first-order valence-corrected chi connectivity index (χ1v) is 6.29. The molecule has 0 aliphatic carbocycles. The molecule has 0 aliphatic heterocycles. The van der Waals surface area contributed by atoms with Crippen LogP contribution in [0.25, 0.3) is 11.0 Å². The molecule has 1 unspecified atom stereocenters. The highest BCUT2D eigenvalue weighted by atomic mass is 19.1. The van der Waals surface area contributed by atoms with Crippen LogP contribution in [0.15, 0.2) is 52.9 Å². The molecule has 0 fully saturated rings. The Balaban J connectivity index is 2.10. The average molecular weight is 273 g/mol. The van der Waals surface area contributed by atoms with E-state index in [1.54, 1.807) is 37.4 Å². The smallest absolute Gasteiger partial charge is 0.134 e. The summed E-state index contributed by atoms with van der Waals surface area (Å²) < 4.78 is 32.8. The van der Waals surface area contributed by atoms with Gasteiger partial charge in [-0.15, -0.1) is 0 Å². The second kappa shape index (κ2) is 5.06. The molecule has 3 aromatic rings. The van der Waals surface area contributed by atoms with E-state index in [0.717, 1.165) is 0 Å². The molecule has 1 atom stereocenters. The number of hydrogen-bond acceptors (Lipinski definition) is 2. The molecule has 0 amide bonds. The molecule has 4 heteroatoms. The summed E-state index contributed by atoms with van der Waals surface area (Å²) >= 11 is 0. The highest BCUT2D eigenvalue weighted by molar-refractivity contribution is 5.78. The van der Waals surface area contributed by atoms with Crippen molar-refractivity contribution in [2.24, 2.45) is 0 Å². The van der Waals surface area contributed by atoms with Gasteiger partial charge in [0.15, 0.2) is 0 Å². The number of rotatable bonds is 3. The van der Waals surface area contributed by atoms with E-state index in [-0.39, 0.29) is 11.6 Å². The molecule has 0 bridgehead atoms. The minimum atomic E-state index is -0.410. The van der Waals surface area contributed by atoms with Crippen LogP contribution in [-0.2, 0) is 0 Å². The zero-order valence-electron chi connectivity index (χ0n) is 10.9. The predicted octanol–water partition coefficient (Wildman–Crippen LogP) is 4.02. The Labute approximate surface area is 115 Å². The fourth-order valence-electron chi connectivity index (χ4n) is 2.34. The molecule has 1 aromatic heterocycles. The lowest BCUT2D eigenvalue weighted by molar-refractivity contribution is 0.476. The van der Waals surface area contributed by atoms with Crippen LogP contribution in [0.3, 0.4) is 0 Å². The lowest BCUT2D eigenvalue weighted by atomic mass is 10.0. The van der Waals surface area contributed by atoms with Gasteiger partial charge in [-0.05, 0) is 37.4 Å². The van der Waals surface area contributed by atoms with Gasteiger partial charge in [-0.2, -0.15) is 0 Å². The Morgan fingerprint density at radius 3 is 2.60 bits per heavy atom. The maximum Gasteiger partial charge on any atom is 0.134 e. The van der Waals surface area contributed by atoms with Crippen LogP contribution in [0.2, 0.25) is 0 Å². The first-order valence-electron chi connectivity index (χ1n) is 6.29. The Morgan fingerprint density at radius 1 is 1.05 bits per heavy atom. The molecule has 3 rings (SSSR count). The Bertz CT molecular complexity index is 751. The molecule has 0 saturated carbocycles. The molecular weight excluding hydrogens is 260 g/mol. The molecule has 0 spiro atoms. The van der Waals surface area contributed by atoms with Crippen LogP contribution in [0.5, 0.6) is 0 Å². The second-order valence-corrected chi connectivity index (χ2v) is 4.57. The van der Waals surface area contributed by atoms with Gasteiger partial charge in [0.25, 0.3) is 0 Å². The average Bonchev–Trinajstić information content (AvgIpc) is 2.84. The predicted molar refractivity (Wildman–Crippen MR) is 73.5 cm³/mol. The van der Waals surface area contributed by atoms with Crippen LogP contribution in [0.1, 0.15) is 17.4 Å². The van der Waals surface area contributed by atoms with Crippen LogP contribution in [0.4, 0.5) is 8.78 Å². The number of halogens is 2. The van der Waals surface area contributed by atoms with E-state index in [1.165, 1.54) is 18.2 Å². The first kappa shape index (κ1) is 12.8. The van der Waals surface area contributed by atoms with Crippen molar-refractivity contribution in [3.8, 4) is 0 Å². The minimum Gasteiger partial charge on any atom is -0.459 e. The van der Waals surface area contributed by atoms with Gasteiger partial charge in [-0.1, -0.05) is 18.2 Å². The van der Waals surface area contributed by atoms with Crippen LogP contribution in [-0.4, -0.2) is 7.05 Å². The topological polar surface area (TPSA) is 25.2 Å². The van der Waals surface area contributed by atoms with Crippen LogP contribution in [0, 0.1) is 11.6 Å². The van der Waals surface area contributed by atoms with Gasteiger partial charge in [-0.3, -0.25) is 0 Å². The van der Waals surface area contributed by atoms with Crippen molar-refractivity contribution in [2.45, 2.75) is 6.04 Å². The van der Waals surface area contributed by atoms with Gasteiger partial charge in [0.05, 0.1) is 6.04 Å². The molecule has 0 radical (unpaired) electrons. The summed E-state index contributed by atoms with van der Waals surface area (Å²) in [5, 5.41) is 3.69. The maximum absolute atomic E-state index is 13.9. The van der Waals surface area contributed by atoms with E-state index in [1.807, 2.05) is 0 Å². The number of fused-ring (bicyclic) bond motifs is 1. The van der Waals surface area contributed by atoms with Gasteiger partial charge >= 0.3 is 0 Å². The maximum atomic E-state index is 13.9. The molecule has 102 valence electrons. The Morgan fingerprint density at radius 2 is 1.85 bits per heavy atom. The molecule has 2 aromatic carbocycles. The van der Waals surface area contributed by atoms with Crippen molar-refractivity contribution < 1.29 is 13.2 Å². The monoisotopic (exact) mass is 273 g/mol. The summed E-state index contributed by atoms with van der Waals surface area (Å²) in [4.78, 5) is 0. The van der Waals surface area contributed by atoms with E-state index in [2.05, 4.69) is 5.32 Å². The Hall–Kier alpha value is -2.20. The molecule has 0 aliphatic rings. The summed E-state index contributed by atoms with van der Waals surface area (Å²) in [7, 11) is 1.73. The van der Waals surface area contributed by atoms with Crippen molar-refractivity contribution in [1.29, 1.82) is 0 Å². The normalized spacial score (nSPS) is 12.8. The molecule has 1 heterocycles. The van der Waals surface area contributed by atoms with Gasteiger partial charge in [-0.25, -0.2) is 8.78 Å². The lowest BCUT2D eigenvalue weighted by Crippen LogP contribution is -2.18. The highest BCUT2D eigenvalue weighted by Crippen LogP contribution is 2.29. The third-order valence-electron chi connectivity index (χ3n) is 3.29. The fourth-order valence-corrected chi connectivity index (χ4v) is 2.34. The van der Waals surface area contributed by atoms with Crippen LogP contribution < -0.4 is 5.32 Å². The fraction of sp³-hybridized carbons (Fsp3) is 0.125. The lowest BCUT2D eigenvalue weighted by Gasteiger charge is -2.14. The number of hydrogen-bond donors (Lipinski definition) is 1. The third-order valence-corrected chi connectivity index (χ3v) is 3.29. The standard InChI is InChI=1S/C16H13F2NO/c1-19-16(12-4-2-3-5-13(12)18)15-9-10-8-11(17)6-7-14(10)20-15/h2-9,16,19H,1H3. The third kappa shape index (κ3) is 2.18. The second-order valence-electron chi connectivity index (χ2n) is 4.57. The summed E-state index contributed by atoms with van der Waals surface area (Å²) in [5.74, 6) is -0.0755. The molecule has 0 saturated heterocycles. The Kier molecular flexibility index (Phi) is 3.24. The summed E-state index contributed by atoms with van der Waals surface area (Å²) in [6.07, 6.45) is 0. The summed E-state index contributed by atoms with van der Waals surface area (Å²) in [5.41, 5.74) is 1.08. The van der Waals surface area contributed by atoms with Crippen molar-refractivity contribution >= 4 is 11.0 Å². The number of furan rings is 1. The van der Waals surface area contributed by atoms with Crippen molar-refractivity contribution in [3.05, 3.63) is 71.5 Å². The number of nitrogens with one attached hydrogen (secondary N) is 1. The molecular formula is C16H13F2NO.